The van der Waals surface area contributed by atoms with Crippen LogP contribution < -0.4 is 5.32 Å². The molecule has 2 N–H and O–H groups in total. The third-order valence-corrected chi connectivity index (χ3v) is 3.51. The molecule has 0 radical (unpaired) electrons. The summed E-state index contributed by atoms with van der Waals surface area (Å²) in [5, 5.41) is 4.48. The average molecular weight is 290 g/mol. The SMILES string of the molecule is CCCCN(C)CCNc1nc(=S)[nH]c2ccccc12. The minimum absolute atomic E-state index is 0.519. The van der Waals surface area contributed by atoms with E-state index in [1.54, 1.807) is 0 Å². The molecular formula is C15H22N4S. The number of benzene rings is 1. The molecule has 0 amide bonds. The highest BCUT2D eigenvalue weighted by molar-refractivity contribution is 7.71. The molecule has 1 aromatic heterocycles. The molecule has 2 aromatic rings. The fourth-order valence-corrected chi connectivity index (χ4v) is 2.34. The van der Waals surface area contributed by atoms with Crippen molar-refractivity contribution in [3.63, 3.8) is 0 Å². The van der Waals surface area contributed by atoms with Crippen molar-refractivity contribution in [3.05, 3.63) is 29.0 Å². The van der Waals surface area contributed by atoms with Gasteiger partial charge in [-0.05, 0) is 44.4 Å². The summed E-state index contributed by atoms with van der Waals surface area (Å²) in [4.78, 5) is 9.84. The Bertz CT molecular complexity index is 608. The molecule has 0 atom stereocenters. The lowest BCUT2D eigenvalue weighted by Crippen LogP contribution is -2.26. The first-order chi connectivity index (χ1) is 9.70. The second kappa shape index (κ2) is 7.36. The van der Waals surface area contributed by atoms with Gasteiger partial charge in [-0.15, -0.1) is 0 Å². The first-order valence-electron chi connectivity index (χ1n) is 7.12. The van der Waals surface area contributed by atoms with Crippen molar-refractivity contribution in [2.45, 2.75) is 19.8 Å². The Kier molecular flexibility index (Phi) is 5.49. The maximum Gasteiger partial charge on any atom is 0.199 e. The van der Waals surface area contributed by atoms with Gasteiger partial charge >= 0.3 is 0 Å². The van der Waals surface area contributed by atoms with E-state index in [2.05, 4.69) is 40.2 Å². The molecule has 0 fully saturated rings. The van der Waals surface area contributed by atoms with Gasteiger partial charge in [0.1, 0.15) is 5.82 Å². The molecule has 0 aliphatic carbocycles. The summed E-state index contributed by atoms with van der Waals surface area (Å²) in [7, 11) is 2.15. The molecule has 0 saturated carbocycles. The van der Waals surface area contributed by atoms with Crippen LogP contribution in [0.3, 0.4) is 0 Å². The fraction of sp³-hybridized carbons (Fsp3) is 0.467. The zero-order valence-electron chi connectivity index (χ0n) is 12.1. The number of para-hydroxylation sites is 1. The number of hydrogen-bond acceptors (Lipinski definition) is 4. The van der Waals surface area contributed by atoms with Gasteiger partial charge in [-0.2, -0.15) is 0 Å². The molecule has 4 nitrogen and oxygen atoms in total. The van der Waals surface area contributed by atoms with Crippen molar-refractivity contribution >= 4 is 28.9 Å². The van der Waals surface area contributed by atoms with Crippen molar-refractivity contribution in [2.75, 3.05) is 32.0 Å². The van der Waals surface area contributed by atoms with Crippen LogP contribution in [0.2, 0.25) is 0 Å². The van der Waals surface area contributed by atoms with Crippen LogP contribution in [0.5, 0.6) is 0 Å². The number of unbranched alkanes of at least 4 members (excludes halogenated alkanes) is 1. The summed E-state index contributed by atoms with van der Waals surface area (Å²) in [6, 6.07) is 8.08. The Hall–Kier alpha value is -1.46. The van der Waals surface area contributed by atoms with E-state index in [0.29, 0.717) is 4.77 Å². The van der Waals surface area contributed by atoms with Crippen LogP contribution in [0, 0.1) is 4.77 Å². The van der Waals surface area contributed by atoms with Gasteiger partial charge in [0.05, 0.1) is 5.52 Å². The number of fused-ring (bicyclic) bond motifs is 1. The van der Waals surface area contributed by atoms with Gasteiger partial charge in [0.15, 0.2) is 4.77 Å². The number of aromatic amines is 1. The monoisotopic (exact) mass is 290 g/mol. The quantitative estimate of drug-likeness (QED) is 0.767. The Labute approximate surface area is 125 Å². The lowest BCUT2D eigenvalue weighted by atomic mass is 10.2. The van der Waals surface area contributed by atoms with Crippen LogP contribution in [0.4, 0.5) is 5.82 Å². The van der Waals surface area contributed by atoms with Gasteiger partial charge in [-0.3, -0.25) is 0 Å². The van der Waals surface area contributed by atoms with Crippen molar-refractivity contribution in [1.29, 1.82) is 0 Å². The van der Waals surface area contributed by atoms with Crippen molar-refractivity contribution in [1.82, 2.24) is 14.9 Å². The van der Waals surface area contributed by atoms with E-state index in [-0.39, 0.29) is 0 Å². The number of hydrogen-bond donors (Lipinski definition) is 2. The number of likely N-dealkylation sites (N-methyl/N-ethyl adjacent to an activating group) is 1. The maximum absolute atomic E-state index is 5.17. The molecule has 0 unspecified atom stereocenters. The molecule has 108 valence electrons. The summed E-state index contributed by atoms with van der Waals surface area (Å²) in [6.07, 6.45) is 2.48. The molecule has 0 saturated heterocycles. The smallest absolute Gasteiger partial charge is 0.199 e. The minimum atomic E-state index is 0.519. The molecule has 2 rings (SSSR count). The van der Waals surface area contributed by atoms with Crippen molar-refractivity contribution < 1.29 is 0 Å². The number of nitrogens with zero attached hydrogens (tertiary/aromatic N) is 2. The Morgan fingerprint density at radius 3 is 2.90 bits per heavy atom. The summed E-state index contributed by atoms with van der Waals surface area (Å²) in [5.41, 5.74) is 1.02. The van der Waals surface area contributed by atoms with Crippen LogP contribution in [-0.2, 0) is 0 Å². The van der Waals surface area contributed by atoms with Gasteiger partial charge in [-0.25, -0.2) is 4.98 Å². The van der Waals surface area contributed by atoms with Crippen LogP contribution in [0.1, 0.15) is 19.8 Å². The second-order valence-corrected chi connectivity index (χ2v) is 5.41. The van der Waals surface area contributed by atoms with Gasteiger partial charge in [-0.1, -0.05) is 25.5 Å². The zero-order chi connectivity index (χ0) is 14.4. The van der Waals surface area contributed by atoms with E-state index in [0.717, 1.165) is 36.4 Å². The number of nitrogens with one attached hydrogen (secondary N) is 2. The third kappa shape index (κ3) is 4.02. The van der Waals surface area contributed by atoms with E-state index in [4.69, 9.17) is 12.2 Å². The highest BCUT2D eigenvalue weighted by atomic mass is 32.1. The normalized spacial score (nSPS) is 11.2. The molecule has 0 spiro atoms. The van der Waals surface area contributed by atoms with Gasteiger partial charge < -0.3 is 15.2 Å². The maximum atomic E-state index is 5.17. The van der Waals surface area contributed by atoms with Crippen LogP contribution in [-0.4, -0.2) is 41.5 Å². The number of rotatable bonds is 7. The molecule has 0 aliphatic rings. The highest BCUT2D eigenvalue weighted by Crippen LogP contribution is 2.18. The Morgan fingerprint density at radius 1 is 1.30 bits per heavy atom. The largest absolute Gasteiger partial charge is 0.368 e. The Morgan fingerprint density at radius 2 is 2.10 bits per heavy atom. The first-order valence-corrected chi connectivity index (χ1v) is 7.53. The lowest BCUT2D eigenvalue weighted by Gasteiger charge is -2.17. The topological polar surface area (TPSA) is 44.0 Å². The van der Waals surface area contributed by atoms with Crippen LogP contribution in [0.15, 0.2) is 24.3 Å². The third-order valence-electron chi connectivity index (χ3n) is 3.32. The zero-order valence-corrected chi connectivity index (χ0v) is 13.0. The molecule has 0 aliphatic heterocycles. The van der Waals surface area contributed by atoms with Gasteiger partial charge in [0.25, 0.3) is 0 Å². The molecule has 5 heteroatoms. The predicted octanol–water partition coefficient (Wildman–Crippen LogP) is 3.44. The first kappa shape index (κ1) is 14.9. The summed E-state index contributed by atoms with van der Waals surface area (Å²) in [6.45, 7) is 5.23. The number of anilines is 1. The lowest BCUT2D eigenvalue weighted by molar-refractivity contribution is 0.340. The molecule has 1 heterocycles. The second-order valence-electron chi connectivity index (χ2n) is 5.02. The molecular weight excluding hydrogens is 268 g/mol. The summed E-state index contributed by atoms with van der Waals surface area (Å²) in [5.74, 6) is 0.869. The molecule has 20 heavy (non-hydrogen) atoms. The summed E-state index contributed by atoms with van der Waals surface area (Å²) >= 11 is 5.17. The van der Waals surface area contributed by atoms with Crippen LogP contribution >= 0.6 is 12.2 Å². The standard InChI is InChI=1S/C15H22N4S/c1-3-4-10-19(2)11-9-16-14-12-7-5-6-8-13(12)17-15(20)18-14/h5-8H,3-4,9-11H2,1-2H3,(H2,16,17,18,20). The predicted molar refractivity (Wildman–Crippen MR) is 87.8 cm³/mol. The number of H-pyrrole nitrogens is 1. The molecule has 1 aromatic carbocycles. The average Bonchev–Trinajstić information content (AvgIpc) is 2.45. The Balaban J connectivity index is 2.01. The van der Waals surface area contributed by atoms with Crippen LogP contribution in [0.25, 0.3) is 10.9 Å². The van der Waals surface area contributed by atoms with Crippen molar-refractivity contribution in [2.24, 2.45) is 0 Å². The van der Waals surface area contributed by atoms with Gasteiger partial charge in [0.2, 0.25) is 0 Å². The van der Waals surface area contributed by atoms with Crippen molar-refractivity contribution in [3.8, 4) is 0 Å². The fourth-order valence-electron chi connectivity index (χ4n) is 2.14. The van der Waals surface area contributed by atoms with Gasteiger partial charge in [0, 0.05) is 18.5 Å². The van der Waals surface area contributed by atoms with E-state index in [1.165, 1.54) is 12.8 Å². The van der Waals surface area contributed by atoms with E-state index in [9.17, 15) is 0 Å². The highest BCUT2D eigenvalue weighted by Gasteiger charge is 2.03. The number of aromatic nitrogens is 2. The van der Waals surface area contributed by atoms with E-state index < -0.39 is 0 Å². The summed E-state index contributed by atoms with van der Waals surface area (Å²) < 4.78 is 0.519. The van der Waals surface area contributed by atoms with E-state index >= 15 is 0 Å². The van der Waals surface area contributed by atoms with E-state index in [1.807, 2.05) is 18.2 Å². The minimum Gasteiger partial charge on any atom is -0.368 e. The molecule has 0 bridgehead atoms.